The molecule has 0 saturated heterocycles. The topological polar surface area (TPSA) is 25.8 Å². The number of nitrogens with zero attached hydrogens (tertiary/aromatic N) is 2. The molecule has 0 spiro atoms. The Labute approximate surface area is 67.7 Å². The van der Waals surface area contributed by atoms with Crippen molar-refractivity contribution in [1.29, 1.82) is 0 Å². The Balaban J connectivity index is 2.51. The van der Waals surface area contributed by atoms with Gasteiger partial charge in [0, 0.05) is 12.4 Å². The van der Waals surface area contributed by atoms with Crippen LogP contribution in [0.15, 0.2) is 18.7 Å². The highest BCUT2D eigenvalue weighted by Crippen LogP contribution is 2.08. The molecule has 1 atom stereocenters. The molecule has 2 nitrogen and oxygen atoms in total. The number of aromatic nitrogens is 2. The van der Waals surface area contributed by atoms with E-state index in [-0.39, 0.29) is 0 Å². The van der Waals surface area contributed by atoms with Gasteiger partial charge in [0.15, 0.2) is 0 Å². The molecule has 0 aliphatic heterocycles. The van der Waals surface area contributed by atoms with Gasteiger partial charge in [-0.1, -0.05) is 20.3 Å². The molecule has 11 heavy (non-hydrogen) atoms. The van der Waals surface area contributed by atoms with E-state index in [0.717, 1.165) is 12.3 Å². The van der Waals surface area contributed by atoms with Crippen LogP contribution in [0.5, 0.6) is 0 Å². The first-order valence-corrected chi connectivity index (χ1v) is 4.06. The van der Waals surface area contributed by atoms with E-state index < -0.39 is 0 Å². The van der Waals surface area contributed by atoms with Gasteiger partial charge in [0.2, 0.25) is 0 Å². The normalized spacial score (nSPS) is 12.9. The quantitative estimate of drug-likeness (QED) is 0.659. The van der Waals surface area contributed by atoms with Crippen molar-refractivity contribution in [2.75, 3.05) is 0 Å². The Kier molecular flexibility index (Phi) is 3.02. The number of hydrogen-bond acceptors (Lipinski definition) is 2. The Morgan fingerprint density at radius 1 is 1.36 bits per heavy atom. The molecule has 0 radical (unpaired) electrons. The van der Waals surface area contributed by atoms with Crippen molar-refractivity contribution in [3.63, 3.8) is 0 Å². The molecule has 2 heteroatoms. The Hall–Kier alpha value is -0.920. The van der Waals surface area contributed by atoms with Crippen LogP contribution in [0.25, 0.3) is 0 Å². The van der Waals surface area contributed by atoms with Gasteiger partial charge in [0.1, 0.15) is 6.33 Å². The fourth-order valence-corrected chi connectivity index (χ4v) is 0.982. The van der Waals surface area contributed by atoms with Crippen LogP contribution in [0.2, 0.25) is 0 Å². The number of hydrogen-bond donors (Lipinski definition) is 0. The molecule has 1 heterocycles. The average Bonchev–Trinajstić information content (AvgIpc) is 2.06. The minimum atomic E-state index is 0.737. The zero-order chi connectivity index (χ0) is 8.10. The molecule has 0 fully saturated rings. The largest absolute Gasteiger partial charge is 0.245 e. The molecule has 0 bridgehead atoms. The van der Waals surface area contributed by atoms with E-state index in [4.69, 9.17) is 0 Å². The van der Waals surface area contributed by atoms with Crippen molar-refractivity contribution in [3.05, 3.63) is 24.3 Å². The van der Waals surface area contributed by atoms with E-state index in [1.807, 2.05) is 12.4 Å². The smallest absolute Gasteiger partial charge is 0.115 e. The zero-order valence-corrected chi connectivity index (χ0v) is 7.12. The average molecular weight is 150 g/mol. The van der Waals surface area contributed by atoms with Gasteiger partial charge in [-0.2, -0.15) is 0 Å². The molecule has 0 aliphatic rings. The SMILES string of the molecule is CCC(C)Cc1cncnc1. The Morgan fingerprint density at radius 2 is 2.00 bits per heavy atom. The highest BCUT2D eigenvalue weighted by Gasteiger charge is 1.99. The molecule has 0 amide bonds. The van der Waals surface area contributed by atoms with E-state index in [9.17, 15) is 0 Å². The summed E-state index contributed by atoms with van der Waals surface area (Å²) in [6, 6.07) is 0. The van der Waals surface area contributed by atoms with Crippen LogP contribution in [0.4, 0.5) is 0 Å². The fraction of sp³-hybridized carbons (Fsp3) is 0.556. The molecule has 1 rings (SSSR count). The summed E-state index contributed by atoms with van der Waals surface area (Å²) in [5.41, 5.74) is 1.24. The van der Waals surface area contributed by atoms with Crippen molar-refractivity contribution in [2.24, 2.45) is 5.92 Å². The second kappa shape index (κ2) is 4.06. The van der Waals surface area contributed by atoms with Crippen LogP contribution in [0, 0.1) is 5.92 Å². The second-order valence-electron chi connectivity index (χ2n) is 2.96. The molecule has 60 valence electrons. The third kappa shape index (κ3) is 2.66. The lowest BCUT2D eigenvalue weighted by molar-refractivity contribution is 0.558. The van der Waals surface area contributed by atoms with Crippen molar-refractivity contribution >= 4 is 0 Å². The van der Waals surface area contributed by atoms with Crippen LogP contribution in [-0.2, 0) is 6.42 Å². The van der Waals surface area contributed by atoms with Gasteiger partial charge in [0.05, 0.1) is 0 Å². The Morgan fingerprint density at radius 3 is 2.55 bits per heavy atom. The second-order valence-corrected chi connectivity index (χ2v) is 2.96. The maximum absolute atomic E-state index is 3.96. The summed E-state index contributed by atoms with van der Waals surface area (Å²) in [6.45, 7) is 4.45. The minimum absolute atomic E-state index is 0.737. The predicted molar refractivity (Wildman–Crippen MR) is 45.2 cm³/mol. The molecule has 0 N–H and O–H groups in total. The summed E-state index contributed by atoms with van der Waals surface area (Å²) < 4.78 is 0. The highest BCUT2D eigenvalue weighted by atomic mass is 14.8. The molecule has 1 aromatic heterocycles. The summed E-state index contributed by atoms with van der Waals surface area (Å²) in [7, 11) is 0. The lowest BCUT2D eigenvalue weighted by Crippen LogP contribution is -1.98. The number of rotatable bonds is 3. The first-order chi connectivity index (χ1) is 5.33. The minimum Gasteiger partial charge on any atom is -0.245 e. The van der Waals surface area contributed by atoms with E-state index in [0.29, 0.717) is 0 Å². The molecule has 0 aliphatic carbocycles. The highest BCUT2D eigenvalue weighted by molar-refractivity contribution is 5.02. The van der Waals surface area contributed by atoms with Gasteiger partial charge >= 0.3 is 0 Å². The summed E-state index contributed by atoms with van der Waals surface area (Å²) >= 11 is 0. The van der Waals surface area contributed by atoms with Gasteiger partial charge in [-0.15, -0.1) is 0 Å². The van der Waals surface area contributed by atoms with E-state index in [2.05, 4.69) is 23.8 Å². The molecular weight excluding hydrogens is 136 g/mol. The van der Waals surface area contributed by atoms with Gasteiger partial charge in [-0.3, -0.25) is 0 Å². The molecule has 1 unspecified atom stereocenters. The predicted octanol–water partition coefficient (Wildman–Crippen LogP) is 2.07. The van der Waals surface area contributed by atoms with Gasteiger partial charge in [-0.25, -0.2) is 9.97 Å². The maximum atomic E-state index is 3.96. The monoisotopic (exact) mass is 150 g/mol. The van der Waals surface area contributed by atoms with Gasteiger partial charge in [0.25, 0.3) is 0 Å². The molecular formula is C9H14N2. The van der Waals surface area contributed by atoms with Crippen molar-refractivity contribution < 1.29 is 0 Å². The first-order valence-electron chi connectivity index (χ1n) is 4.06. The standard InChI is InChI=1S/C9H14N2/c1-3-8(2)4-9-5-10-7-11-6-9/h5-8H,3-4H2,1-2H3. The summed E-state index contributed by atoms with van der Waals surface area (Å²) in [6.07, 6.45) is 7.66. The van der Waals surface area contributed by atoms with Crippen molar-refractivity contribution in [1.82, 2.24) is 9.97 Å². The molecule has 1 aromatic rings. The lowest BCUT2D eigenvalue weighted by atomic mass is 10.0. The van der Waals surface area contributed by atoms with Crippen LogP contribution in [0.3, 0.4) is 0 Å². The van der Waals surface area contributed by atoms with Crippen molar-refractivity contribution in [2.45, 2.75) is 26.7 Å². The summed E-state index contributed by atoms with van der Waals surface area (Å²) in [4.78, 5) is 7.92. The lowest BCUT2D eigenvalue weighted by Gasteiger charge is -2.05. The summed E-state index contributed by atoms with van der Waals surface area (Å²) in [5, 5.41) is 0. The van der Waals surface area contributed by atoms with Crippen LogP contribution < -0.4 is 0 Å². The van der Waals surface area contributed by atoms with E-state index in [1.165, 1.54) is 12.0 Å². The Bertz CT molecular complexity index is 196. The molecule has 0 saturated carbocycles. The van der Waals surface area contributed by atoms with Gasteiger partial charge < -0.3 is 0 Å². The fourth-order valence-electron chi connectivity index (χ4n) is 0.982. The third-order valence-electron chi connectivity index (χ3n) is 1.90. The van der Waals surface area contributed by atoms with E-state index >= 15 is 0 Å². The first kappa shape index (κ1) is 8.18. The third-order valence-corrected chi connectivity index (χ3v) is 1.90. The maximum Gasteiger partial charge on any atom is 0.115 e. The summed E-state index contributed by atoms with van der Waals surface area (Å²) in [5.74, 6) is 0.737. The van der Waals surface area contributed by atoms with Crippen LogP contribution in [-0.4, -0.2) is 9.97 Å². The van der Waals surface area contributed by atoms with E-state index in [1.54, 1.807) is 6.33 Å². The van der Waals surface area contributed by atoms with Crippen LogP contribution in [0.1, 0.15) is 25.8 Å². The van der Waals surface area contributed by atoms with Crippen molar-refractivity contribution in [3.8, 4) is 0 Å². The van der Waals surface area contributed by atoms with Gasteiger partial charge in [-0.05, 0) is 17.9 Å². The zero-order valence-electron chi connectivity index (χ0n) is 7.12. The van der Waals surface area contributed by atoms with Crippen LogP contribution >= 0.6 is 0 Å². The molecule has 0 aromatic carbocycles.